The normalized spacial score (nSPS) is 11.8. The minimum absolute atomic E-state index is 0.0219. The molecule has 3 aromatic carbocycles. The quantitative estimate of drug-likeness (QED) is 0.427. The van der Waals surface area contributed by atoms with Crippen molar-refractivity contribution in [1.29, 1.82) is 0 Å². The second-order valence-electron chi connectivity index (χ2n) is 8.00. The average Bonchev–Trinajstić information content (AvgIpc) is 2.82. The first-order chi connectivity index (χ1) is 15.5. The molecule has 4 nitrogen and oxygen atoms in total. The summed E-state index contributed by atoms with van der Waals surface area (Å²) in [7, 11) is 0. The molecule has 0 aliphatic rings. The van der Waals surface area contributed by atoms with E-state index in [1.165, 1.54) is 10.8 Å². The summed E-state index contributed by atoms with van der Waals surface area (Å²) in [5, 5.41) is 5.94. The Kier molecular flexibility index (Phi) is 8.69. The Morgan fingerprint density at radius 1 is 0.969 bits per heavy atom. The maximum atomic E-state index is 13.4. The number of halogens is 1. The van der Waals surface area contributed by atoms with Crippen LogP contribution in [0.15, 0.2) is 66.7 Å². The minimum Gasteiger partial charge on any atom is -0.354 e. The van der Waals surface area contributed by atoms with Gasteiger partial charge in [-0.3, -0.25) is 9.59 Å². The molecule has 1 atom stereocenters. The van der Waals surface area contributed by atoms with E-state index in [1.54, 1.807) is 4.90 Å². The van der Waals surface area contributed by atoms with Crippen LogP contribution in [-0.2, 0) is 22.6 Å². The summed E-state index contributed by atoms with van der Waals surface area (Å²) in [5.74, 6) is -0.117. The van der Waals surface area contributed by atoms with Crippen LogP contribution in [0.4, 0.5) is 0 Å². The Bertz CT molecular complexity index is 1040. The van der Waals surface area contributed by atoms with E-state index in [1.807, 2.05) is 56.3 Å². The molecule has 32 heavy (non-hydrogen) atoms. The van der Waals surface area contributed by atoms with Gasteiger partial charge in [-0.1, -0.05) is 80.0 Å². The van der Waals surface area contributed by atoms with E-state index in [2.05, 4.69) is 29.6 Å². The lowest BCUT2D eigenvalue weighted by Gasteiger charge is -2.31. The number of fused-ring (bicyclic) bond motifs is 1. The van der Waals surface area contributed by atoms with E-state index in [0.717, 1.165) is 17.5 Å². The van der Waals surface area contributed by atoms with E-state index in [-0.39, 0.29) is 11.8 Å². The van der Waals surface area contributed by atoms with E-state index in [9.17, 15) is 9.59 Å². The van der Waals surface area contributed by atoms with Crippen LogP contribution in [0.25, 0.3) is 10.8 Å². The monoisotopic (exact) mass is 450 g/mol. The average molecular weight is 451 g/mol. The number of nitrogens with one attached hydrogen (secondary N) is 1. The predicted molar refractivity (Wildman–Crippen MR) is 132 cm³/mol. The van der Waals surface area contributed by atoms with Crippen molar-refractivity contribution in [3.63, 3.8) is 0 Å². The SMILES string of the molecule is CCCNC(=O)[C@@H](CC)N(Cc1ccc(Cl)cc1)C(=O)CCc1cccc2ccccc12. The third-order valence-electron chi connectivity index (χ3n) is 5.69. The van der Waals surface area contributed by atoms with Gasteiger partial charge in [0.15, 0.2) is 0 Å². The highest BCUT2D eigenvalue weighted by molar-refractivity contribution is 6.30. The number of hydrogen-bond donors (Lipinski definition) is 1. The third-order valence-corrected chi connectivity index (χ3v) is 5.94. The number of benzene rings is 3. The molecule has 0 saturated carbocycles. The Hall–Kier alpha value is -2.85. The number of aryl methyl sites for hydroxylation is 1. The zero-order valence-electron chi connectivity index (χ0n) is 18.8. The molecule has 0 aliphatic heterocycles. The number of rotatable bonds is 10. The molecule has 0 saturated heterocycles. The fraction of sp³-hybridized carbons (Fsp3) is 0.333. The zero-order chi connectivity index (χ0) is 22.9. The molecule has 0 radical (unpaired) electrons. The van der Waals surface area contributed by atoms with Gasteiger partial charge >= 0.3 is 0 Å². The molecule has 1 N–H and O–H groups in total. The maximum absolute atomic E-state index is 13.4. The van der Waals surface area contributed by atoms with E-state index < -0.39 is 6.04 Å². The van der Waals surface area contributed by atoms with Crippen LogP contribution in [0.3, 0.4) is 0 Å². The lowest BCUT2D eigenvalue weighted by molar-refractivity contribution is -0.141. The third kappa shape index (κ3) is 6.10. The van der Waals surface area contributed by atoms with Gasteiger partial charge in [0.1, 0.15) is 6.04 Å². The Balaban J connectivity index is 1.81. The number of amides is 2. The maximum Gasteiger partial charge on any atom is 0.242 e. The molecule has 0 aliphatic carbocycles. The number of carbonyl (C=O) groups is 2. The second kappa shape index (κ2) is 11.7. The summed E-state index contributed by atoms with van der Waals surface area (Å²) in [5.41, 5.74) is 2.10. The van der Waals surface area contributed by atoms with Gasteiger partial charge < -0.3 is 10.2 Å². The summed E-state index contributed by atoms with van der Waals surface area (Å²) in [6, 6.07) is 21.3. The van der Waals surface area contributed by atoms with E-state index >= 15 is 0 Å². The smallest absolute Gasteiger partial charge is 0.242 e. The van der Waals surface area contributed by atoms with Crippen molar-refractivity contribution in [3.05, 3.63) is 82.9 Å². The van der Waals surface area contributed by atoms with Crippen molar-refractivity contribution in [2.75, 3.05) is 6.54 Å². The molecule has 5 heteroatoms. The Morgan fingerprint density at radius 2 is 1.69 bits per heavy atom. The van der Waals surface area contributed by atoms with Gasteiger partial charge in [-0.05, 0) is 53.3 Å². The molecule has 0 bridgehead atoms. The first-order valence-corrected chi connectivity index (χ1v) is 11.7. The number of nitrogens with zero attached hydrogens (tertiary/aromatic N) is 1. The lowest BCUT2D eigenvalue weighted by Crippen LogP contribution is -2.49. The summed E-state index contributed by atoms with van der Waals surface area (Å²) < 4.78 is 0. The van der Waals surface area contributed by atoms with Gasteiger partial charge in [-0.15, -0.1) is 0 Å². The van der Waals surface area contributed by atoms with Crippen molar-refractivity contribution >= 4 is 34.2 Å². The summed E-state index contributed by atoms with van der Waals surface area (Å²) in [6.07, 6.45) is 2.39. The fourth-order valence-corrected chi connectivity index (χ4v) is 4.09. The lowest BCUT2D eigenvalue weighted by atomic mass is 10.00. The molecule has 0 unspecified atom stereocenters. The topological polar surface area (TPSA) is 49.4 Å². The highest BCUT2D eigenvalue weighted by Crippen LogP contribution is 2.21. The summed E-state index contributed by atoms with van der Waals surface area (Å²) >= 11 is 6.03. The van der Waals surface area contributed by atoms with Crippen molar-refractivity contribution in [2.45, 2.75) is 52.1 Å². The van der Waals surface area contributed by atoms with Crippen LogP contribution in [0.2, 0.25) is 5.02 Å². The highest BCUT2D eigenvalue weighted by Gasteiger charge is 2.28. The van der Waals surface area contributed by atoms with Crippen molar-refractivity contribution in [3.8, 4) is 0 Å². The van der Waals surface area contributed by atoms with Crippen molar-refractivity contribution in [1.82, 2.24) is 10.2 Å². The summed E-state index contributed by atoms with van der Waals surface area (Å²) in [6.45, 7) is 4.95. The number of carbonyl (C=O) groups excluding carboxylic acids is 2. The van der Waals surface area contributed by atoms with Gasteiger partial charge in [-0.25, -0.2) is 0 Å². The Labute approximate surface area is 195 Å². The van der Waals surface area contributed by atoms with Crippen LogP contribution >= 0.6 is 11.6 Å². The molecular formula is C27H31ClN2O2. The van der Waals surface area contributed by atoms with Gasteiger partial charge in [0, 0.05) is 24.5 Å². The van der Waals surface area contributed by atoms with Crippen LogP contribution in [0.5, 0.6) is 0 Å². The minimum atomic E-state index is -0.503. The number of hydrogen-bond acceptors (Lipinski definition) is 2. The largest absolute Gasteiger partial charge is 0.354 e. The standard InChI is InChI=1S/C27H31ClN2O2/c1-3-18-29-27(32)25(4-2)30(19-20-12-15-23(28)16-13-20)26(31)17-14-22-10-7-9-21-8-5-6-11-24(21)22/h5-13,15-16,25H,3-4,14,17-19H2,1-2H3,(H,29,32)/t25-/m1/s1. The van der Waals surface area contributed by atoms with Crippen LogP contribution in [0.1, 0.15) is 44.2 Å². The first kappa shape index (κ1) is 23.8. The molecular weight excluding hydrogens is 420 g/mol. The molecule has 2 amide bonds. The van der Waals surface area contributed by atoms with Crippen LogP contribution < -0.4 is 5.32 Å². The molecule has 0 spiro atoms. The zero-order valence-corrected chi connectivity index (χ0v) is 19.6. The molecule has 0 fully saturated rings. The molecule has 168 valence electrons. The first-order valence-electron chi connectivity index (χ1n) is 11.3. The summed E-state index contributed by atoms with van der Waals surface area (Å²) in [4.78, 5) is 28.0. The van der Waals surface area contributed by atoms with Crippen LogP contribution in [-0.4, -0.2) is 29.3 Å². The van der Waals surface area contributed by atoms with Crippen LogP contribution in [0, 0.1) is 0 Å². The Morgan fingerprint density at radius 3 is 2.41 bits per heavy atom. The fourth-order valence-electron chi connectivity index (χ4n) is 3.97. The second-order valence-corrected chi connectivity index (χ2v) is 8.44. The van der Waals surface area contributed by atoms with E-state index in [0.29, 0.717) is 37.4 Å². The molecule has 0 aromatic heterocycles. The van der Waals surface area contributed by atoms with Gasteiger partial charge in [0.25, 0.3) is 0 Å². The molecule has 3 aromatic rings. The van der Waals surface area contributed by atoms with Crippen molar-refractivity contribution < 1.29 is 9.59 Å². The van der Waals surface area contributed by atoms with Gasteiger partial charge in [0.2, 0.25) is 11.8 Å². The molecule has 3 rings (SSSR count). The highest BCUT2D eigenvalue weighted by atomic mass is 35.5. The van der Waals surface area contributed by atoms with E-state index in [4.69, 9.17) is 11.6 Å². The van der Waals surface area contributed by atoms with Gasteiger partial charge in [0.05, 0.1) is 0 Å². The molecule has 0 heterocycles. The van der Waals surface area contributed by atoms with Gasteiger partial charge in [-0.2, -0.15) is 0 Å². The predicted octanol–water partition coefficient (Wildman–Crippen LogP) is 5.76. The van der Waals surface area contributed by atoms with Crippen molar-refractivity contribution in [2.24, 2.45) is 0 Å².